The molecule has 0 fully saturated rings. The van der Waals surface area contributed by atoms with E-state index in [-0.39, 0.29) is 4.90 Å². The second-order valence-electron chi connectivity index (χ2n) is 3.47. The Labute approximate surface area is 93.6 Å². The lowest BCUT2D eigenvalue weighted by Gasteiger charge is -2.04. The van der Waals surface area contributed by atoms with Gasteiger partial charge in [-0.3, -0.25) is 0 Å². The third-order valence-electron chi connectivity index (χ3n) is 2.17. The van der Waals surface area contributed by atoms with Gasteiger partial charge < -0.3 is 4.57 Å². The highest BCUT2D eigenvalue weighted by Gasteiger charge is 2.15. The Balaban J connectivity index is 2.66. The molecule has 2 rings (SSSR count). The first-order valence-corrected chi connectivity index (χ1v) is 6.13. The van der Waals surface area contributed by atoms with Crippen molar-refractivity contribution in [1.29, 1.82) is 0 Å². The van der Waals surface area contributed by atoms with Crippen LogP contribution in [0.4, 0.5) is 0 Å². The summed E-state index contributed by atoms with van der Waals surface area (Å²) in [5, 5.41) is 5.14. The lowest BCUT2D eigenvalue weighted by molar-refractivity contribution is 0.598. The Hall–Kier alpha value is -1.66. The van der Waals surface area contributed by atoms with Gasteiger partial charge in [0.15, 0.2) is 0 Å². The molecule has 1 aromatic carbocycles. The van der Waals surface area contributed by atoms with Gasteiger partial charge in [-0.1, -0.05) is 18.2 Å². The van der Waals surface area contributed by atoms with Gasteiger partial charge >= 0.3 is 0 Å². The maximum absolute atomic E-state index is 11.4. The maximum atomic E-state index is 11.4. The zero-order valence-electron chi connectivity index (χ0n) is 8.66. The van der Waals surface area contributed by atoms with E-state index in [2.05, 4.69) is 4.98 Å². The van der Waals surface area contributed by atoms with Crippen LogP contribution in [0.25, 0.3) is 11.3 Å². The molecule has 0 unspecified atom stereocenters. The number of primary sulfonamides is 1. The second kappa shape index (κ2) is 3.73. The maximum Gasteiger partial charge on any atom is 0.238 e. The predicted molar refractivity (Wildman–Crippen MR) is 60.0 cm³/mol. The average molecular weight is 237 g/mol. The molecule has 0 aliphatic rings. The summed E-state index contributed by atoms with van der Waals surface area (Å²) in [6, 6.07) is 6.53. The van der Waals surface area contributed by atoms with E-state index in [0.717, 1.165) is 0 Å². The molecule has 0 aliphatic heterocycles. The monoisotopic (exact) mass is 237 g/mol. The summed E-state index contributed by atoms with van der Waals surface area (Å²) in [6.45, 7) is 0. The van der Waals surface area contributed by atoms with E-state index in [0.29, 0.717) is 11.3 Å². The summed E-state index contributed by atoms with van der Waals surface area (Å²) < 4.78 is 24.5. The van der Waals surface area contributed by atoms with Crippen LogP contribution in [0.5, 0.6) is 0 Å². The van der Waals surface area contributed by atoms with Gasteiger partial charge in [0.05, 0.1) is 16.9 Å². The van der Waals surface area contributed by atoms with E-state index in [4.69, 9.17) is 5.14 Å². The van der Waals surface area contributed by atoms with Crippen LogP contribution in [-0.2, 0) is 17.1 Å². The van der Waals surface area contributed by atoms with Crippen LogP contribution in [0.3, 0.4) is 0 Å². The number of benzene rings is 1. The van der Waals surface area contributed by atoms with Crippen LogP contribution in [0.1, 0.15) is 0 Å². The predicted octanol–water partition coefficient (Wildman–Crippen LogP) is 0.735. The average Bonchev–Trinajstić information content (AvgIpc) is 2.64. The Bertz CT molecular complexity index is 616. The standard InChI is InChI=1S/C10H11N3O2S/c1-13-6-9(12-7-13)8-4-2-3-5-10(8)16(11,14)15/h2-7H,1H3,(H2,11,14,15). The molecular formula is C10H11N3O2S. The minimum absolute atomic E-state index is 0.0914. The van der Waals surface area contributed by atoms with Crippen molar-refractivity contribution in [2.45, 2.75) is 4.90 Å². The normalized spacial score (nSPS) is 11.6. The molecule has 16 heavy (non-hydrogen) atoms. The topological polar surface area (TPSA) is 78.0 Å². The molecule has 0 saturated carbocycles. The Morgan fingerprint density at radius 3 is 2.56 bits per heavy atom. The van der Waals surface area contributed by atoms with Gasteiger partial charge in [-0.25, -0.2) is 18.5 Å². The summed E-state index contributed by atoms with van der Waals surface area (Å²) in [5.41, 5.74) is 1.11. The number of nitrogens with two attached hydrogens (primary N) is 1. The Morgan fingerprint density at radius 1 is 1.31 bits per heavy atom. The molecule has 5 nitrogen and oxygen atoms in total. The zero-order valence-corrected chi connectivity index (χ0v) is 9.48. The van der Waals surface area contributed by atoms with Crippen LogP contribution < -0.4 is 5.14 Å². The summed E-state index contributed by atoms with van der Waals surface area (Å²) >= 11 is 0. The molecule has 0 spiro atoms. The highest BCUT2D eigenvalue weighted by atomic mass is 32.2. The molecule has 2 N–H and O–H groups in total. The number of aromatic nitrogens is 2. The molecule has 1 heterocycles. The number of imidazole rings is 1. The minimum atomic E-state index is -3.72. The van der Waals surface area contributed by atoms with Crippen LogP contribution in [0.2, 0.25) is 0 Å². The highest BCUT2D eigenvalue weighted by Crippen LogP contribution is 2.24. The van der Waals surface area contributed by atoms with Gasteiger partial charge in [0, 0.05) is 18.8 Å². The van der Waals surface area contributed by atoms with Crippen molar-refractivity contribution in [3.63, 3.8) is 0 Å². The van der Waals surface area contributed by atoms with Crippen molar-refractivity contribution in [1.82, 2.24) is 9.55 Å². The summed E-state index contributed by atoms with van der Waals surface area (Å²) in [6.07, 6.45) is 3.35. The molecule has 0 atom stereocenters. The first kappa shape index (κ1) is 10.8. The number of hydrogen-bond acceptors (Lipinski definition) is 3. The van der Waals surface area contributed by atoms with Crippen molar-refractivity contribution in [2.75, 3.05) is 0 Å². The molecule has 0 aliphatic carbocycles. The van der Waals surface area contributed by atoms with Gasteiger partial charge in [-0.15, -0.1) is 0 Å². The number of aryl methyl sites for hydroxylation is 1. The molecule has 0 amide bonds. The van der Waals surface area contributed by atoms with Gasteiger partial charge in [-0.2, -0.15) is 0 Å². The van der Waals surface area contributed by atoms with E-state index in [1.54, 1.807) is 35.3 Å². The van der Waals surface area contributed by atoms with Crippen molar-refractivity contribution in [3.8, 4) is 11.3 Å². The molecule has 84 valence electrons. The largest absolute Gasteiger partial charge is 0.340 e. The first-order chi connectivity index (χ1) is 7.48. The third-order valence-corrected chi connectivity index (χ3v) is 3.14. The highest BCUT2D eigenvalue weighted by molar-refractivity contribution is 7.89. The number of rotatable bonds is 2. The van der Waals surface area contributed by atoms with Crippen molar-refractivity contribution in [3.05, 3.63) is 36.8 Å². The molecule has 0 saturated heterocycles. The Kier molecular flexibility index (Phi) is 2.53. The number of nitrogens with zero attached hydrogens (tertiary/aromatic N) is 2. The third kappa shape index (κ3) is 1.98. The Morgan fingerprint density at radius 2 is 2.00 bits per heavy atom. The number of sulfonamides is 1. The fourth-order valence-corrected chi connectivity index (χ4v) is 2.23. The quantitative estimate of drug-likeness (QED) is 0.836. The summed E-state index contributed by atoms with van der Waals surface area (Å²) in [5.74, 6) is 0. The lowest BCUT2D eigenvalue weighted by atomic mass is 10.2. The second-order valence-corrected chi connectivity index (χ2v) is 5.00. The van der Waals surface area contributed by atoms with E-state index < -0.39 is 10.0 Å². The molecule has 0 radical (unpaired) electrons. The lowest BCUT2D eigenvalue weighted by Crippen LogP contribution is -2.13. The SMILES string of the molecule is Cn1cnc(-c2ccccc2S(N)(=O)=O)c1. The smallest absolute Gasteiger partial charge is 0.238 e. The van der Waals surface area contributed by atoms with Crippen molar-refractivity contribution in [2.24, 2.45) is 12.2 Å². The van der Waals surface area contributed by atoms with E-state index in [1.807, 2.05) is 7.05 Å². The van der Waals surface area contributed by atoms with Crippen molar-refractivity contribution < 1.29 is 8.42 Å². The fraction of sp³-hybridized carbons (Fsp3) is 0.100. The van der Waals surface area contributed by atoms with Gasteiger partial charge in [0.2, 0.25) is 10.0 Å². The van der Waals surface area contributed by atoms with Crippen LogP contribution >= 0.6 is 0 Å². The molecule has 6 heteroatoms. The van der Waals surface area contributed by atoms with E-state index in [1.165, 1.54) is 6.07 Å². The molecule has 1 aromatic heterocycles. The van der Waals surface area contributed by atoms with Gasteiger partial charge in [0.1, 0.15) is 0 Å². The van der Waals surface area contributed by atoms with Crippen LogP contribution in [0.15, 0.2) is 41.7 Å². The fourth-order valence-electron chi connectivity index (χ4n) is 1.48. The molecular weight excluding hydrogens is 226 g/mol. The molecule has 0 bridgehead atoms. The zero-order chi connectivity index (χ0) is 11.8. The summed E-state index contributed by atoms with van der Waals surface area (Å²) in [7, 11) is -1.91. The summed E-state index contributed by atoms with van der Waals surface area (Å²) in [4.78, 5) is 4.19. The van der Waals surface area contributed by atoms with Crippen LogP contribution in [-0.4, -0.2) is 18.0 Å². The first-order valence-electron chi connectivity index (χ1n) is 4.58. The molecule has 2 aromatic rings. The van der Waals surface area contributed by atoms with Gasteiger partial charge in [0.25, 0.3) is 0 Å². The van der Waals surface area contributed by atoms with E-state index >= 15 is 0 Å². The van der Waals surface area contributed by atoms with E-state index in [9.17, 15) is 8.42 Å². The minimum Gasteiger partial charge on any atom is -0.340 e. The van der Waals surface area contributed by atoms with Crippen LogP contribution in [0, 0.1) is 0 Å². The van der Waals surface area contributed by atoms with Gasteiger partial charge in [-0.05, 0) is 6.07 Å². The number of hydrogen-bond donors (Lipinski definition) is 1. The van der Waals surface area contributed by atoms with Crippen molar-refractivity contribution >= 4 is 10.0 Å².